The van der Waals surface area contributed by atoms with Crippen molar-refractivity contribution in [2.24, 2.45) is 5.73 Å². The Morgan fingerprint density at radius 2 is 2.08 bits per heavy atom. The highest BCUT2D eigenvalue weighted by atomic mass is 16.6. The summed E-state index contributed by atoms with van der Waals surface area (Å²) in [6, 6.07) is 13.7. The van der Waals surface area contributed by atoms with Gasteiger partial charge in [0.1, 0.15) is 16.9 Å². The minimum absolute atomic E-state index is 0.465. The minimum Gasteiger partial charge on any atom is -0.493 e. The summed E-state index contributed by atoms with van der Waals surface area (Å²) >= 11 is 0. The quantitative estimate of drug-likeness (QED) is 0.767. The van der Waals surface area contributed by atoms with Crippen LogP contribution in [0.5, 0.6) is 5.75 Å². The number of hydrogen-bond acceptors (Lipinski definition) is 4. The van der Waals surface area contributed by atoms with Gasteiger partial charge in [-0.3, -0.25) is 0 Å². The van der Waals surface area contributed by atoms with Crippen LogP contribution in [0.1, 0.15) is 18.9 Å². The van der Waals surface area contributed by atoms with Crippen LogP contribution in [0, 0.1) is 0 Å². The lowest BCUT2D eigenvalue weighted by molar-refractivity contribution is -0.00280. The fourth-order valence-electron chi connectivity index (χ4n) is 3.27. The number of amides is 1. The topological polar surface area (TPSA) is 74.7 Å². The maximum absolute atomic E-state index is 11.2. The molecule has 5 nitrogen and oxygen atoms in total. The summed E-state index contributed by atoms with van der Waals surface area (Å²) in [6.45, 7) is 2.32. The average Bonchev–Trinajstić information content (AvgIpc) is 2.98. The number of benzene rings is 2. The van der Waals surface area contributed by atoms with Crippen molar-refractivity contribution in [2.45, 2.75) is 18.9 Å². The van der Waals surface area contributed by atoms with E-state index in [4.69, 9.17) is 19.6 Å². The Hall–Kier alpha value is -2.95. The van der Waals surface area contributed by atoms with Gasteiger partial charge in [0.25, 0.3) is 0 Å². The van der Waals surface area contributed by atoms with Gasteiger partial charge in [-0.05, 0) is 24.6 Å². The van der Waals surface area contributed by atoms with Gasteiger partial charge in [-0.2, -0.15) is 0 Å². The summed E-state index contributed by atoms with van der Waals surface area (Å²) in [6.07, 6.45) is 1.53. The SMILES string of the molecule is CC1(OC(N)=O)CCOc2cc(-c3coc4ccccc34)ccc21. The lowest BCUT2D eigenvalue weighted by Gasteiger charge is -2.34. The summed E-state index contributed by atoms with van der Waals surface area (Å²) in [4.78, 5) is 11.2. The number of rotatable bonds is 2. The zero-order valence-corrected chi connectivity index (χ0v) is 13.2. The van der Waals surface area contributed by atoms with E-state index >= 15 is 0 Å². The van der Waals surface area contributed by atoms with Gasteiger partial charge in [-0.15, -0.1) is 0 Å². The van der Waals surface area contributed by atoms with E-state index < -0.39 is 11.7 Å². The first-order valence-electron chi connectivity index (χ1n) is 7.79. The molecule has 0 aliphatic carbocycles. The average molecular weight is 323 g/mol. The molecule has 2 heterocycles. The highest BCUT2D eigenvalue weighted by Gasteiger charge is 2.36. The number of carbonyl (C=O) groups excluding carboxylic acids is 1. The van der Waals surface area contributed by atoms with E-state index in [2.05, 4.69) is 0 Å². The van der Waals surface area contributed by atoms with Crippen LogP contribution in [0.2, 0.25) is 0 Å². The summed E-state index contributed by atoms with van der Waals surface area (Å²) in [5, 5.41) is 1.05. The molecule has 0 saturated carbocycles. The van der Waals surface area contributed by atoms with Crippen LogP contribution in [0.15, 0.2) is 53.1 Å². The minimum atomic E-state index is -0.782. The molecule has 122 valence electrons. The van der Waals surface area contributed by atoms with E-state index in [9.17, 15) is 4.79 Å². The van der Waals surface area contributed by atoms with Crippen molar-refractivity contribution in [2.75, 3.05) is 6.61 Å². The molecule has 1 amide bonds. The van der Waals surface area contributed by atoms with E-state index in [1.807, 2.05) is 49.4 Å². The van der Waals surface area contributed by atoms with Crippen LogP contribution in [-0.4, -0.2) is 12.7 Å². The van der Waals surface area contributed by atoms with Gasteiger partial charge < -0.3 is 19.6 Å². The predicted molar refractivity (Wildman–Crippen MR) is 89.8 cm³/mol. The first kappa shape index (κ1) is 14.6. The van der Waals surface area contributed by atoms with Crippen molar-refractivity contribution in [3.8, 4) is 16.9 Å². The first-order valence-corrected chi connectivity index (χ1v) is 7.79. The lowest BCUT2D eigenvalue weighted by atomic mass is 9.88. The number of furan rings is 1. The molecule has 4 rings (SSSR count). The van der Waals surface area contributed by atoms with E-state index in [1.54, 1.807) is 6.26 Å². The number of nitrogens with two attached hydrogens (primary N) is 1. The molecule has 0 spiro atoms. The van der Waals surface area contributed by atoms with E-state index in [-0.39, 0.29) is 0 Å². The van der Waals surface area contributed by atoms with Crippen LogP contribution in [0.4, 0.5) is 4.79 Å². The molecule has 24 heavy (non-hydrogen) atoms. The van der Waals surface area contributed by atoms with Crippen molar-refractivity contribution in [3.05, 3.63) is 54.3 Å². The fraction of sp³-hybridized carbons (Fsp3) is 0.211. The Kier molecular flexibility index (Phi) is 3.23. The Labute approximate surface area is 139 Å². The second-order valence-corrected chi connectivity index (χ2v) is 6.11. The van der Waals surface area contributed by atoms with Crippen molar-refractivity contribution < 1.29 is 18.7 Å². The first-order chi connectivity index (χ1) is 11.6. The van der Waals surface area contributed by atoms with Gasteiger partial charge in [-0.25, -0.2) is 4.79 Å². The standard InChI is InChI=1S/C19H17NO4/c1-19(24-18(20)21)8-9-22-17-10-12(6-7-15(17)19)14-11-23-16-5-3-2-4-13(14)16/h2-7,10-11H,8-9H2,1H3,(H2,20,21). The van der Waals surface area contributed by atoms with Gasteiger partial charge in [0, 0.05) is 22.9 Å². The fourth-order valence-corrected chi connectivity index (χ4v) is 3.27. The molecule has 0 radical (unpaired) electrons. The normalized spacial score (nSPS) is 19.5. The molecule has 0 bridgehead atoms. The lowest BCUT2D eigenvalue weighted by Crippen LogP contribution is -2.36. The monoisotopic (exact) mass is 323 g/mol. The molecule has 2 N–H and O–H groups in total. The number of para-hydroxylation sites is 1. The molecule has 1 atom stereocenters. The molecule has 1 aromatic heterocycles. The number of primary amides is 1. The Balaban J connectivity index is 1.80. The maximum Gasteiger partial charge on any atom is 0.405 e. The van der Waals surface area contributed by atoms with Crippen molar-refractivity contribution in [1.82, 2.24) is 0 Å². The third kappa shape index (κ3) is 2.29. The van der Waals surface area contributed by atoms with Crippen molar-refractivity contribution in [3.63, 3.8) is 0 Å². The van der Waals surface area contributed by atoms with Gasteiger partial charge in [-0.1, -0.05) is 30.3 Å². The van der Waals surface area contributed by atoms with Gasteiger partial charge in [0.2, 0.25) is 0 Å². The smallest absolute Gasteiger partial charge is 0.405 e. The van der Waals surface area contributed by atoms with Gasteiger partial charge in [0.05, 0.1) is 12.9 Å². The van der Waals surface area contributed by atoms with E-state index in [0.29, 0.717) is 18.8 Å². The third-order valence-electron chi connectivity index (χ3n) is 4.51. The largest absolute Gasteiger partial charge is 0.493 e. The zero-order chi connectivity index (χ0) is 16.7. The number of hydrogen-bond donors (Lipinski definition) is 1. The highest BCUT2D eigenvalue weighted by molar-refractivity contribution is 5.94. The third-order valence-corrected chi connectivity index (χ3v) is 4.51. The Morgan fingerprint density at radius 1 is 1.25 bits per heavy atom. The summed E-state index contributed by atoms with van der Waals surface area (Å²) in [7, 11) is 0. The second-order valence-electron chi connectivity index (χ2n) is 6.11. The Morgan fingerprint density at radius 3 is 2.92 bits per heavy atom. The number of ether oxygens (including phenoxy) is 2. The molecular weight excluding hydrogens is 306 g/mol. The molecule has 1 aliphatic rings. The van der Waals surface area contributed by atoms with Crippen molar-refractivity contribution in [1.29, 1.82) is 0 Å². The number of fused-ring (bicyclic) bond motifs is 2. The molecular formula is C19H17NO4. The summed E-state index contributed by atoms with van der Waals surface area (Å²) < 4.78 is 16.7. The number of carbonyl (C=O) groups is 1. The molecule has 5 heteroatoms. The van der Waals surface area contributed by atoms with Crippen LogP contribution >= 0.6 is 0 Å². The van der Waals surface area contributed by atoms with Crippen LogP contribution in [-0.2, 0) is 10.3 Å². The highest BCUT2D eigenvalue weighted by Crippen LogP contribution is 2.42. The maximum atomic E-state index is 11.2. The zero-order valence-electron chi connectivity index (χ0n) is 13.2. The second kappa shape index (κ2) is 5.30. The molecule has 1 aliphatic heterocycles. The van der Waals surface area contributed by atoms with Gasteiger partial charge in [0.15, 0.2) is 0 Å². The summed E-state index contributed by atoms with van der Waals surface area (Å²) in [5.74, 6) is 0.702. The van der Waals surface area contributed by atoms with Crippen LogP contribution < -0.4 is 10.5 Å². The molecule has 0 fully saturated rings. The molecule has 2 aromatic carbocycles. The summed E-state index contributed by atoms with van der Waals surface area (Å²) in [5.41, 5.74) is 8.11. The predicted octanol–water partition coefficient (Wildman–Crippen LogP) is 4.19. The van der Waals surface area contributed by atoms with Crippen LogP contribution in [0.25, 0.3) is 22.1 Å². The van der Waals surface area contributed by atoms with E-state index in [1.165, 1.54) is 0 Å². The molecule has 0 saturated heterocycles. The molecule has 3 aromatic rings. The van der Waals surface area contributed by atoms with Crippen molar-refractivity contribution >= 4 is 17.1 Å². The Bertz CT molecular complexity index is 930. The van der Waals surface area contributed by atoms with Crippen LogP contribution in [0.3, 0.4) is 0 Å². The molecule has 1 unspecified atom stereocenters. The van der Waals surface area contributed by atoms with E-state index in [0.717, 1.165) is 27.7 Å². The van der Waals surface area contributed by atoms with Gasteiger partial charge >= 0.3 is 6.09 Å².